The van der Waals surface area contributed by atoms with Gasteiger partial charge in [-0.05, 0) is 19.1 Å². The Balaban J connectivity index is 2.18. The predicted octanol–water partition coefficient (Wildman–Crippen LogP) is 1.13. The van der Waals surface area contributed by atoms with Gasteiger partial charge in [0.1, 0.15) is 5.56 Å². The van der Waals surface area contributed by atoms with Crippen molar-refractivity contribution >= 4 is 23.3 Å². The third-order valence-corrected chi connectivity index (χ3v) is 3.03. The minimum Gasteiger partial charge on any atom is -0.462 e. The van der Waals surface area contributed by atoms with E-state index >= 15 is 0 Å². The van der Waals surface area contributed by atoms with Gasteiger partial charge in [-0.2, -0.15) is 4.52 Å². The summed E-state index contributed by atoms with van der Waals surface area (Å²) in [6.07, 6.45) is 1.33. The molecule has 0 bridgehead atoms. The van der Waals surface area contributed by atoms with Crippen LogP contribution in [-0.2, 0) is 4.74 Å². The molecule has 0 aliphatic heterocycles. The average Bonchev–Trinajstić information content (AvgIpc) is 2.94. The molecule has 0 unspecified atom stereocenters. The number of anilines is 2. The zero-order valence-corrected chi connectivity index (χ0v) is 11.9. The smallest absolute Gasteiger partial charge is 0.343 e. The van der Waals surface area contributed by atoms with Crippen molar-refractivity contribution in [2.45, 2.75) is 6.92 Å². The van der Waals surface area contributed by atoms with Crippen LogP contribution < -0.4 is 11.5 Å². The van der Waals surface area contributed by atoms with E-state index in [0.29, 0.717) is 17.2 Å². The predicted molar refractivity (Wildman–Crippen MR) is 81.0 cm³/mol. The lowest BCUT2D eigenvalue weighted by atomic mass is 10.2. The lowest BCUT2D eigenvalue weighted by Gasteiger charge is -2.03. The van der Waals surface area contributed by atoms with Gasteiger partial charge in [0, 0.05) is 17.4 Å². The van der Waals surface area contributed by atoms with Crippen molar-refractivity contribution in [3.8, 4) is 11.4 Å². The monoisotopic (exact) mass is 298 g/mol. The lowest BCUT2D eigenvalue weighted by Crippen LogP contribution is -2.10. The van der Waals surface area contributed by atoms with Gasteiger partial charge in [0.25, 0.3) is 0 Å². The number of esters is 1. The Hall–Kier alpha value is -3.16. The summed E-state index contributed by atoms with van der Waals surface area (Å²) in [5.41, 5.74) is 13.4. The highest BCUT2D eigenvalue weighted by Gasteiger charge is 2.18. The van der Waals surface area contributed by atoms with Gasteiger partial charge in [-0.15, -0.1) is 5.10 Å². The molecule has 2 aromatic heterocycles. The molecule has 0 aliphatic carbocycles. The summed E-state index contributed by atoms with van der Waals surface area (Å²) >= 11 is 0. The summed E-state index contributed by atoms with van der Waals surface area (Å²) in [5.74, 6) is 0.00905. The van der Waals surface area contributed by atoms with Crippen LogP contribution in [0.1, 0.15) is 17.3 Å². The fourth-order valence-corrected chi connectivity index (χ4v) is 2.04. The maximum atomic E-state index is 12.0. The van der Waals surface area contributed by atoms with E-state index in [1.165, 1.54) is 10.7 Å². The van der Waals surface area contributed by atoms with Gasteiger partial charge in [-0.25, -0.2) is 14.8 Å². The molecule has 3 aromatic rings. The summed E-state index contributed by atoms with van der Waals surface area (Å²) < 4.78 is 6.30. The van der Waals surface area contributed by atoms with Gasteiger partial charge in [0.05, 0.1) is 6.61 Å². The summed E-state index contributed by atoms with van der Waals surface area (Å²) in [5, 5.41) is 4.28. The summed E-state index contributed by atoms with van der Waals surface area (Å²) in [6.45, 7) is 1.98. The number of fused-ring (bicyclic) bond motifs is 1. The molecule has 0 amide bonds. The number of hydrogen-bond acceptors (Lipinski definition) is 7. The van der Waals surface area contributed by atoms with Crippen LogP contribution in [0.15, 0.2) is 30.5 Å². The zero-order chi connectivity index (χ0) is 15.7. The zero-order valence-electron chi connectivity index (χ0n) is 11.9. The van der Waals surface area contributed by atoms with Crippen LogP contribution in [0.25, 0.3) is 17.0 Å². The number of hydrogen-bond donors (Lipinski definition) is 2. The summed E-state index contributed by atoms with van der Waals surface area (Å²) in [7, 11) is 0. The summed E-state index contributed by atoms with van der Waals surface area (Å²) in [4.78, 5) is 20.3. The van der Waals surface area contributed by atoms with Gasteiger partial charge in [-0.1, -0.05) is 12.1 Å². The minimum atomic E-state index is -0.522. The Labute approximate surface area is 125 Å². The molecule has 22 heavy (non-hydrogen) atoms. The van der Waals surface area contributed by atoms with E-state index in [1.807, 2.05) is 6.07 Å². The first-order valence-corrected chi connectivity index (χ1v) is 6.64. The summed E-state index contributed by atoms with van der Waals surface area (Å²) in [6, 6.07) is 7.12. The average molecular weight is 298 g/mol. The Bertz CT molecular complexity index is 858. The second kappa shape index (κ2) is 5.32. The van der Waals surface area contributed by atoms with Crippen LogP contribution in [0.3, 0.4) is 0 Å². The van der Waals surface area contributed by atoms with Crippen LogP contribution in [0.4, 0.5) is 11.6 Å². The molecule has 112 valence electrons. The molecule has 0 radical (unpaired) electrons. The van der Waals surface area contributed by atoms with E-state index in [1.54, 1.807) is 25.1 Å². The first-order chi connectivity index (χ1) is 10.6. The van der Waals surface area contributed by atoms with Gasteiger partial charge < -0.3 is 16.2 Å². The molecule has 0 aliphatic rings. The standard InChI is InChI=1S/C14H14N6O2/c1-2-22-13(21)10-7-17-14(16)20-12(10)18-11(19-20)8-4-3-5-9(15)6-8/h3-7H,2,15H2,1H3,(H2,16,17). The highest BCUT2D eigenvalue weighted by molar-refractivity contribution is 5.96. The number of benzene rings is 1. The molecule has 8 heteroatoms. The van der Waals surface area contributed by atoms with E-state index < -0.39 is 5.97 Å². The molecule has 8 nitrogen and oxygen atoms in total. The molecule has 0 saturated heterocycles. The number of nitrogens with two attached hydrogens (primary N) is 2. The molecular weight excluding hydrogens is 284 g/mol. The molecule has 1 aromatic carbocycles. The SMILES string of the molecule is CCOC(=O)c1cnc(N)n2nc(-c3cccc(N)c3)nc12. The maximum absolute atomic E-state index is 12.0. The second-order valence-corrected chi connectivity index (χ2v) is 4.55. The van der Waals surface area contributed by atoms with E-state index in [2.05, 4.69) is 15.1 Å². The van der Waals surface area contributed by atoms with Gasteiger partial charge >= 0.3 is 5.97 Å². The Morgan fingerprint density at radius 2 is 2.18 bits per heavy atom. The van der Waals surface area contributed by atoms with Crippen LogP contribution in [-0.4, -0.2) is 32.2 Å². The van der Waals surface area contributed by atoms with E-state index in [-0.39, 0.29) is 18.1 Å². The maximum Gasteiger partial charge on any atom is 0.343 e. The molecule has 0 fully saturated rings. The Morgan fingerprint density at radius 3 is 2.91 bits per heavy atom. The van der Waals surface area contributed by atoms with E-state index in [9.17, 15) is 4.79 Å². The minimum absolute atomic E-state index is 0.130. The molecule has 0 atom stereocenters. The Kier molecular flexibility index (Phi) is 3.34. The highest BCUT2D eigenvalue weighted by Crippen LogP contribution is 2.21. The van der Waals surface area contributed by atoms with Crippen LogP contribution in [0.2, 0.25) is 0 Å². The fraction of sp³-hybridized carbons (Fsp3) is 0.143. The Morgan fingerprint density at radius 1 is 1.36 bits per heavy atom. The number of rotatable bonds is 3. The van der Waals surface area contributed by atoms with Gasteiger partial charge in [-0.3, -0.25) is 0 Å². The number of nitrogen functional groups attached to an aromatic ring is 2. The van der Waals surface area contributed by atoms with Crippen molar-refractivity contribution in [1.29, 1.82) is 0 Å². The second-order valence-electron chi connectivity index (χ2n) is 4.55. The largest absolute Gasteiger partial charge is 0.462 e. The number of nitrogens with zero attached hydrogens (tertiary/aromatic N) is 4. The highest BCUT2D eigenvalue weighted by atomic mass is 16.5. The number of carbonyl (C=O) groups excluding carboxylic acids is 1. The topological polar surface area (TPSA) is 121 Å². The van der Waals surface area contributed by atoms with Crippen LogP contribution in [0, 0.1) is 0 Å². The fourth-order valence-electron chi connectivity index (χ4n) is 2.04. The first kappa shape index (κ1) is 13.8. The number of aromatic nitrogens is 4. The van der Waals surface area contributed by atoms with Crippen molar-refractivity contribution < 1.29 is 9.53 Å². The number of carbonyl (C=O) groups is 1. The third kappa shape index (κ3) is 2.30. The van der Waals surface area contributed by atoms with Crippen molar-refractivity contribution in [3.05, 3.63) is 36.0 Å². The van der Waals surface area contributed by atoms with Crippen LogP contribution in [0.5, 0.6) is 0 Å². The van der Waals surface area contributed by atoms with Gasteiger partial charge in [0.2, 0.25) is 5.95 Å². The van der Waals surface area contributed by atoms with Crippen molar-refractivity contribution in [1.82, 2.24) is 19.6 Å². The van der Waals surface area contributed by atoms with Crippen LogP contribution >= 0.6 is 0 Å². The molecule has 0 saturated carbocycles. The van der Waals surface area contributed by atoms with Gasteiger partial charge in [0.15, 0.2) is 11.5 Å². The lowest BCUT2D eigenvalue weighted by molar-refractivity contribution is 0.0527. The molecule has 4 N–H and O–H groups in total. The third-order valence-electron chi connectivity index (χ3n) is 3.03. The first-order valence-electron chi connectivity index (χ1n) is 6.64. The van der Waals surface area contributed by atoms with Crippen molar-refractivity contribution in [2.75, 3.05) is 18.1 Å². The molecular formula is C14H14N6O2. The van der Waals surface area contributed by atoms with Crippen molar-refractivity contribution in [2.24, 2.45) is 0 Å². The van der Waals surface area contributed by atoms with Crippen molar-refractivity contribution in [3.63, 3.8) is 0 Å². The van der Waals surface area contributed by atoms with E-state index in [0.717, 1.165) is 5.56 Å². The normalized spacial score (nSPS) is 10.8. The quantitative estimate of drug-likeness (QED) is 0.549. The van der Waals surface area contributed by atoms with E-state index in [4.69, 9.17) is 16.2 Å². The molecule has 3 rings (SSSR count). The molecule has 2 heterocycles. The number of ether oxygens (including phenoxy) is 1. The molecule has 0 spiro atoms.